The number of hydrogen-bond acceptors (Lipinski definition) is 4. The van der Waals surface area contributed by atoms with Gasteiger partial charge in [-0.15, -0.1) is 0 Å². The van der Waals surface area contributed by atoms with Crippen LogP contribution in [0.2, 0.25) is 0 Å². The van der Waals surface area contributed by atoms with Gasteiger partial charge >= 0.3 is 0 Å². The molecular formula is C27H28N4O2. The molecule has 0 saturated heterocycles. The molecule has 0 radical (unpaired) electrons. The predicted molar refractivity (Wildman–Crippen MR) is 134 cm³/mol. The van der Waals surface area contributed by atoms with Gasteiger partial charge in [-0.1, -0.05) is 56.3 Å². The quantitative estimate of drug-likeness (QED) is 0.348. The highest BCUT2D eigenvalue weighted by Crippen LogP contribution is 2.30. The number of furan rings is 1. The van der Waals surface area contributed by atoms with E-state index in [9.17, 15) is 4.79 Å². The van der Waals surface area contributed by atoms with E-state index in [1.165, 1.54) is 0 Å². The third kappa shape index (κ3) is 4.10. The van der Waals surface area contributed by atoms with Gasteiger partial charge in [-0.3, -0.25) is 10.1 Å². The zero-order valence-electron chi connectivity index (χ0n) is 19.0. The molecule has 0 bridgehead atoms. The fourth-order valence-corrected chi connectivity index (χ4v) is 4.52. The molecule has 0 aliphatic carbocycles. The normalized spacial score (nSPS) is 11.7. The van der Waals surface area contributed by atoms with Crippen LogP contribution in [-0.2, 0) is 17.8 Å². The molecule has 0 saturated carbocycles. The Hall–Kier alpha value is -3.64. The minimum Gasteiger partial charge on any atom is -0.464 e. The average molecular weight is 441 g/mol. The Bertz CT molecular complexity index is 1430. The van der Waals surface area contributed by atoms with Gasteiger partial charge in [0.2, 0.25) is 11.9 Å². The molecule has 0 aliphatic rings. The molecule has 1 N–H and O–H groups in total. The van der Waals surface area contributed by atoms with E-state index in [-0.39, 0.29) is 12.3 Å². The number of carbonyl (C=O) groups excluding carboxylic acids is 1. The van der Waals surface area contributed by atoms with Crippen LogP contribution in [0.5, 0.6) is 0 Å². The van der Waals surface area contributed by atoms with Gasteiger partial charge in [-0.2, -0.15) is 0 Å². The number of fused-ring (bicyclic) bond motifs is 4. The Balaban J connectivity index is 1.43. The predicted octanol–water partition coefficient (Wildman–Crippen LogP) is 5.46. The first kappa shape index (κ1) is 21.2. The molecule has 5 rings (SSSR count). The summed E-state index contributed by atoms with van der Waals surface area (Å²) in [6, 6.07) is 20.2. The monoisotopic (exact) mass is 440 g/mol. The first-order valence-electron chi connectivity index (χ1n) is 11.5. The van der Waals surface area contributed by atoms with Crippen molar-refractivity contribution in [1.82, 2.24) is 14.5 Å². The van der Waals surface area contributed by atoms with E-state index in [0.29, 0.717) is 5.95 Å². The van der Waals surface area contributed by atoms with Gasteiger partial charge in [0.25, 0.3) is 0 Å². The number of aromatic nitrogens is 2. The lowest BCUT2D eigenvalue weighted by Crippen LogP contribution is -2.28. The van der Waals surface area contributed by atoms with Crippen LogP contribution in [0.1, 0.15) is 19.4 Å². The third-order valence-electron chi connectivity index (χ3n) is 6.33. The Morgan fingerprint density at radius 1 is 1.03 bits per heavy atom. The second-order valence-electron chi connectivity index (χ2n) is 8.25. The van der Waals surface area contributed by atoms with Crippen molar-refractivity contribution in [3.05, 3.63) is 72.5 Å². The molecule has 2 aromatic heterocycles. The molecule has 33 heavy (non-hydrogen) atoms. The van der Waals surface area contributed by atoms with E-state index in [2.05, 4.69) is 46.8 Å². The van der Waals surface area contributed by atoms with Crippen LogP contribution in [0.3, 0.4) is 0 Å². The number of para-hydroxylation sites is 2. The second kappa shape index (κ2) is 9.08. The fourth-order valence-electron chi connectivity index (χ4n) is 4.52. The van der Waals surface area contributed by atoms with Crippen LogP contribution < -0.4 is 5.32 Å². The van der Waals surface area contributed by atoms with Crippen molar-refractivity contribution in [2.24, 2.45) is 0 Å². The maximum atomic E-state index is 13.1. The van der Waals surface area contributed by atoms with E-state index in [4.69, 9.17) is 9.40 Å². The summed E-state index contributed by atoms with van der Waals surface area (Å²) in [4.78, 5) is 20.2. The number of benzene rings is 3. The number of amides is 1. The number of imidazole rings is 1. The summed E-state index contributed by atoms with van der Waals surface area (Å²) in [6.07, 6.45) is 1.92. The Labute approximate surface area is 192 Å². The van der Waals surface area contributed by atoms with Crippen LogP contribution in [0.25, 0.3) is 32.8 Å². The molecule has 0 spiro atoms. The van der Waals surface area contributed by atoms with E-state index in [0.717, 1.165) is 64.5 Å². The highest BCUT2D eigenvalue weighted by atomic mass is 16.3. The third-order valence-corrected chi connectivity index (χ3v) is 6.33. The van der Waals surface area contributed by atoms with Gasteiger partial charge in [0.15, 0.2) is 0 Å². The summed E-state index contributed by atoms with van der Waals surface area (Å²) in [6.45, 7) is 7.97. The molecule has 3 aromatic carbocycles. The van der Waals surface area contributed by atoms with Gasteiger partial charge in [0.05, 0.1) is 23.7 Å². The molecule has 6 nitrogen and oxygen atoms in total. The lowest BCUT2D eigenvalue weighted by Gasteiger charge is -2.19. The number of carbonyl (C=O) groups is 1. The van der Waals surface area contributed by atoms with Crippen LogP contribution in [0.4, 0.5) is 5.95 Å². The Kier molecular flexibility index (Phi) is 5.84. The average Bonchev–Trinajstić information content (AvgIpc) is 3.41. The van der Waals surface area contributed by atoms with Crippen LogP contribution in [0, 0.1) is 0 Å². The number of nitrogens with zero attached hydrogens (tertiary/aromatic N) is 3. The summed E-state index contributed by atoms with van der Waals surface area (Å²) in [5.41, 5.74) is 3.58. The molecule has 6 heteroatoms. The first-order chi connectivity index (χ1) is 16.2. The fraction of sp³-hybridized carbons (Fsp3) is 0.259. The van der Waals surface area contributed by atoms with E-state index in [1.807, 2.05) is 42.5 Å². The number of hydrogen-bond donors (Lipinski definition) is 1. The maximum absolute atomic E-state index is 13.1. The smallest absolute Gasteiger partial charge is 0.231 e. The van der Waals surface area contributed by atoms with Crippen molar-refractivity contribution in [3.63, 3.8) is 0 Å². The zero-order valence-corrected chi connectivity index (χ0v) is 19.0. The SMILES string of the molecule is CCN(CC)CCn1c(NC(=O)Cc2coc3ccc4ccccc4c23)nc2ccccc21. The zero-order chi connectivity index (χ0) is 22.8. The van der Waals surface area contributed by atoms with Gasteiger partial charge < -0.3 is 13.9 Å². The van der Waals surface area contributed by atoms with E-state index >= 15 is 0 Å². The first-order valence-corrected chi connectivity index (χ1v) is 11.5. The molecule has 0 atom stereocenters. The molecule has 0 unspecified atom stereocenters. The van der Waals surface area contributed by atoms with Crippen LogP contribution >= 0.6 is 0 Å². The van der Waals surface area contributed by atoms with Gasteiger partial charge in [-0.05, 0) is 42.1 Å². The number of rotatable bonds is 8. The van der Waals surface area contributed by atoms with E-state index in [1.54, 1.807) is 6.26 Å². The highest BCUT2D eigenvalue weighted by molar-refractivity contribution is 6.09. The lowest BCUT2D eigenvalue weighted by atomic mass is 10.0. The van der Waals surface area contributed by atoms with Gasteiger partial charge in [-0.25, -0.2) is 4.98 Å². The molecule has 0 fully saturated rings. The van der Waals surface area contributed by atoms with Crippen molar-refractivity contribution in [2.75, 3.05) is 25.0 Å². The molecule has 168 valence electrons. The highest BCUT2D eigenvalue weighted by Gasteiger charge is 2.17. The molecule has 2 heterocycles. The summed E-state index contributed by atoms with van der Waals surface area (Å²) in [5, 5.41) is 6.29. The second-order valence-corrected chi connectivity index (χ2v) is 8.25. The number of anilines is 1. The summed E-state index contributed by atoms with van der Waals surface area (Å²) in [7, 11) is 0. The van der Waals surface area contributed by atoms with Crippen molar-refractivity contribution >= 4 is 44.6 Å². The van der Waals surface area contributed by atoms with Gasteiger partial charge in [0, 0.05) is 24.0 Å². The Morgan fingerprint density at radius 2 is 1.82 bits per heavy atom. The Morgan fingerprint density at radius 3 is 2.67 bits per heavy atom. The number of likely N-dealkylation sites (N-methyl/N-ethyl adjacent to an activating group) is 1. The topological polar surface area (TPSA) is 63.3 Å². The minimum atomic E-state index is -0.106. The summed E-state index contributed by atoms with van der Waals surface area (Å²) in [5.74, 6) is 0.482. The minimum absolute atomic E-state index is 0.106. The number of nitrogens with one attached hydrogen (secondary N) is 1. The van der Waals surface area contributed by atoms with Crippen molar-refractivity contribution < 1.29 is 9.21 Å². The van der Waals surface area contributed by atoms with Gasteiger partial charge in [0.1, 0.15) is 5.58 Å². The van der Waals surface area contributed by atoms with Crippen LogP contribution in [-0.4, -0.2) is 40.0 Å². The molecule has 0 aliphatic heterocycles. The summed E-state index contributed by atoms with van der Waals surface area (Å²) >= 11 is 0. The van der Waals surface area contributed by atoms with Crippen molar-refractivity contribution in [3.8, 4) is 0 Å². The largest absolute Gasteiger partial charge is 0.464 e. The standard InChI is InChI=1S/C27H28N4O2/c1-3-30(4-2)15-16-31-23-12-8-7-11-22(23)28-27(31)29-25(32)17-20-18-33-24-14-13-19-9-5-6-10-21(19)26(20)24/h5-14,18H,3-4,15-17H2,1-2H3,(H,28,29,32). The van der Waals surface area contributed by atoms with Crippen molar-refractivity contribution in [2.45, 2.75) is 26.8 Å². The van der Waals surface area contributed by atoms with Crippen LogP contribution in [0.15, 0.2) is 71.3 Å². The molecule has 5 aromatic rings. The molecular weight excluding hydrogens is 412 g/mol. The molecule has 1 amide bonds. The van der Waals surface area contributed by atoms with E-state index < -0.39 is 0 Å². The maximum Gasteiger partial charge on any atom is 0.231 e. The summed E-state index contributed by atoms with van der Waals surface area (Å²) < 4.78 is 7.87. The van der Waals surface area contributed by atoms with Crippen molar-refractivity contribution in [1.29, 1.82) is 0 Å². The lowest BCUT2D eigenvalue weighted by molar-refractivity contribution is -0.115.